The minimum Gasteiger partial charge on any atom is -0.374 e. The van der Waals surface area contributed by atoms with E-state index in [1.54, 1.807) is 17.0 Å². The summed E-state index contributed by atoms with van der Waals surface area (Å²) in [4.78, 5) is 16.1. The van der Waals surface area contributed by atoms with Crippen molar-refractivity contribution in [3.63, 3.8) is 0 Å². The van der Waals surface area contributed by atoms with Crippen LogP contribution in [0.3, 0.4) is 0 Å². The first kappa shape index (κ1) is 15.9. The lowest BCUT2D eigenvalue weighted by Crippen LogP contribution is -2.46. The van der Waals surface area contributed by atoms with Crippen molar-refractivity contribution in [3.05, 3.63) is 35.6 Å². The number of aryl methyl sites for hydroxylation is 1. The molecule has 1 aliphatic rings. The van der Waals surface area contributed by atoms with Gasteiger partial charge in [-0.2, -0.15) is 0 Å². The Kier molecular flexibility index (Phi) is 5.70. The summed E-state index contributed by atoms with van der Waals surface area (Å²) >= 11 is 0. The lowest BCUT2D eigenvalue weighted by molar-refractivity contribution is -0.132. The zero-order valence-corrected chi connectivity index (χ0v) is 12.7. The number of rotatable bonds is 5. The van der Waals surface area contributed by atoms with Gasteiger partial charge in [-0.05, 0) is 31.2 Å². The summed E-state index contributed by atoms with van der Waals surface area (Å²) in [5, 5.41) is 0. The van der Waals surface area contributed by atoms with E-state index in [4.69, 9.17) is 4.74 Å². The second kappa shape index (κ2) is 7.52. The molecule has 0 saturated carbocycles. The third-order valence-corrected chi connectivity index (χ3v) is 3.79. The van der Waals surface area contributed by atoms with Crippen molar-refractivity contribution in [3.8, 4) is 0 Å². The Morgan fingerprint density at radius 1 is 1.43 bits per heavy atom. The molecule has 1 saturated heterocycles. The molecule has 1 aromatic rings. The van der Waals surface area contributed by atoms with Crippen molar-refractivity contribution in [1.29, 1.82) is 0 Å². The van der Waals surface area contributed by atoms with Gasteiger partial charge in [0.25, 0.3) is 0 Å². The van der Waals surface area contributed by atoms with Crippen LogP contribution in [0.4, 0.5) is 4.39 Å². The van der Waals surface area contributed by atoms with Crippen LogP contribution in [0.5, 0.6) is 0 Å². The van der Waals surface area contributed by atoms with E-state index in [1.807, 2.05) is 7.05 Å². The van der Waals surface area contributed by atoms with E-state index in [-0.39, 0.29) is 17.8 Å². The Labute approximate surface area is 125 Å². The number of carbonyl (C=O) groups excluding carboxylic acids is 1. The number of hydrogen-bond donors (Lipinski definition) is 0. The molecule has 1 heterocycles. The fraction of sp³-hybridized carbons (Fsp3) is 0.562. The van der Waals surface area contributed by atoms with Gasteiger partial charge in [0.1, 0.15) is 5.82 Å². The summed E-state index contributed by atoms with van der Waals surface area (Å²) in [7, 11) is 3.87. The molecule has 0 aliphatic carbocycles. The number of morpholine rings is 1. The molecule has 1 fully saturated rings. The molecule has 1 amide bonds. The fourth-order valence-corrected chi connectivity index (χ4v) is 2.48. The Bertz CT molecular complexity index is 464. The molecule has 0 spiro atoms. The highest BCUT2D eigenvalue weighted by Crippen LogP contribution is 2.08. The van der Waals surface area contributed by atoms with Gasteiger partial charge < -0.3 is 14.5 Å². The molecule has 0 aromatic heterocycles. The molecule has 0 N–H and O–H groups in total. The summed E-state index contributed by atoms with van der Waals surface area (Å²) in [6.07, 6.45) is 1.16. The molecule has 5 heteroatoms. The normalized spacial score (nSPS) is 19.5. The van der Waals surface area contributed by atoms with Crippen molar-refractivity contribution in [2.75, 3.05) is 40.3 Å². The van der Waals surface area contributed by atoms with Crippen LogP contribution >= 0.6 is 0 Å². The van der Waals surface area contributed by atoms with Crippen molar-refractivity contribution < 1.29 is 13.9 Å². The highest BCUT2D eigenvalue weighted by atomic mass is 19.1. The summed E-state index contributed by atoms with van der Waals surface area (Å²) in [5.74, 6) is -0.156. The molecule has 1 atom stereocenters. The van der Waals surface area contributed by atoms with E-state index >= 15 is 0 Å². The van der Waals surface area contributed by atoms with Crippen LogP contribution in [0.25, 0.3) is 0 Å². The first-order valence-corrected chi connectivity index (χ1v) is 7.33. The van der Waals surface area contributed by atoms with E-state index in [2.05, 4.69) is 11.9 Å². The van der Waals surface area contributed by atoms with Crippen LogP contribution in [0, 0.1) is 5.82 Å². The van der Waals surface area contributed by atoms with Crippen LogP contribution in [0.1, 0.15) is 12.0 Å². The Morgan fingerprint density at radius 2 is 2.14 bits per heavy atom. The Hall–Kier alpha value is -1.46. The molecule has 0 radical (unpaired) electrons. The first-order chi connectivity index (χ1) is 10.0. The van der Waals surface area contributed by atoms with Gasteiger partial charge in [-0.3, -0.25) is 4.79 Å². The average molecular weight is 294 g/mol. The van der Waals surface area contributed by atoms with Gasteiger partial charge in [0.15, 0.2) is 0 Å². The van der Waals surface area contributed by atoms with Gasteiger partial charge in [-0.15, -0.1) is 0 Å². The number of hydrogen-bond acceptors (Lipinski definition) is 3. The van der Waals surface area contributed by atoms with Crippen LogP contribution in [0.2, 0.25) is 0 Å². The molecular formula is C16H23FN2O2. The van der Waals surface area contributed by atoms with E-state index in [0.29, 0.717) is 19.4 Å². The minimum absolute atomic E-state index is 0.0866. The summed E-state index contributed by atoms with van der Waals surface area (Å²) in [6.45, 7) is 3.14. The molecule has 0 bridgehead atoms. The summed E-state index contributed by atoms with van der Waals surface area (Å²) < 4.78 is 18.5. The predicted octanol–water partition coefficient (Wildman–Crippen LogP) is 1.55. The van der Waals surface area contributed by atoms with E-state index in [0.717, 1.165) is 25.3 Å². The monoisotopic (exact) mass is 294 g/mol. The topological polar surface area (TPSA) is 32.8 Å². The highest BCUT2D eigenvalue weighted by molar-refractivity contribution is 5.76. The number of amides is 1. The standard InChI is InChI=1S/C16H23FN2O2/c1-18-9-10-21-15(11-18)12-19(2)16(20)8-5-13-3-6-14(17)7-4-13/h3-4,6-7,15H,5,8-12H2,1-2H3. The minimum atomic E-state index is -0.249. The molecule has 2 rings (SSSR count). The molecule has 1 unspecified atom stereocenters. The van der Waals surface area contributed by atoms with E-state index in [9.17, 15) is 9.18 Å². The molecule has 1 aliphatic heterocycles. The fourth-order valence-electron chi connectivity index (χ4n) is 2.48. The summed E-state index contributed by atoms with van der Waals surface area (Å²) in [6, 6.07) is 6.30. The number of nitrogens with zero attached hydrogens (tertiary/aromatic N) is 2. The van der Waals surface area contributed by atoms with Crippen molar-refractivity contribution in [2.24, 2.45) is 0 Å². The maximum atomic E-state index is 12.8. The number of halogens is 1. The van der Waals surface area contributed by atoms with Gasteiger partial charge in [0, 0.05) is 33.1 Å². The highest BCUT2D eigenvalue weighted by Gasteiger charge is 2.21. The smallest absolute Gasteiger partial charge is 0.222 e. The predicted molar refractivity (Wildman–Crippen MR) is 79.6 cm³/mol. The van der Waals surface area contributed by atoms with Crippen LogP contribution in [-0.4, -0.2) is 62.1 Å². The number of carbonyl (C=O) groups is 1. The number of ether oxygens (including phenoxy) is 1. The lowest BCUT2D eigenvalue weighted by Gasteiger charge is -2.32. The van der Waals surface area contributed by atoms with Gasteiger partial charge in [0.2, 0.25) is 5.91 Å². The van der Waals surface area contributed by atoms with Gasteiger partial charge in [0.05, 0.1) is 12.7 Å². The van der Waals surface area contributed by atoms with Gasteiger partial charge in [-0.25, -0.2) is 4.39 Å². The molecular weight excluding hydrogens is 271 g/mol. The van der Waals surface area contributed by atoms with Crippen LogP contribution in [0.15, 0.2) is 24.3 Å². The molecule has 1 aromatic carbocycles. The molecule has 4 nitrogen and oxygen atoms in total. The largest absolute Gasteiger partial charge is 0.374 e. The maximum Gasteiger partial charge on any atom is 0.222 e. The zero-order valence-electron chi connectivity index (χ0n) is 12.7. The van der Waals surface area contributed by atoms with Crippen molar-refractivity contribution >= 4 is 5.91 Å². The quantitative estimate of drug-likeness (QED) is 0.826. The van der Waals surface area contributed by atoms with E-state index < -0.39 is 0 Å². The maximum absolute atomic E-state index is 12.8. The van der Waals surface area contributed by atoms with Gasteiger partial charge in [-0.1, -0.05) is 12.1 Å². The van der Waals surface area contributed by atoms with Crippen molar-refractivity contribution in [2.45, 2.75) is 18.9 Å². The van der Waals surface area contributed by atoms with Crippen LogP contribution < -0.4 is 0 Å². The van der Waals surface area contributed by atoms with Gasteiger partial charge >= 0.3 is 0 Å². The third-order valence-electron chi connectivity index (χ3n) is 3.79. The molecule has 21 heavy (non-hydrogen) atoms. The zero-order chi connectivity index (χ0) is 15.2. The van der Waals surface area contributed by atoms with Crippen molar-refractivity contribution in [1.82, 2.24) is 9.80 Å². The first-order valence-electron chi connectivity index (χ1n) is 7.33. The average Bonchev–Trinajstić information content (AvgIpc) is 2.46. The Balaban J connectivity index is 1.75. The second-order valence-electron chi connectivity index (χ2n) is 5.66. The summed E-state index contributed by atoms with van der Waals surface area (Å²) in [5.41, 5.74) is 0.979. The second-order valence-corrected chi connectivity index (χ2v) is 5.66. The third kappa shape index (κ3) is 5.10. The number of likely N-dealkylation sites (N-methyl/N-ethyl adjacent to an activating group) is 2. The SMILES string of the molecule is CN1CCOC(CN(C)C(=O)CCc2ccc(F)cc2)C1. The van der Waals surface area contributed by atoms with Crippen LogP contribution in [-0.2, 0) is 16.0 Å². The lowest BCUT2D eigenvalue weighted by atomic mass is 10.1. The van der Waals surface area contributed by atoms with E-state index in [1.165, 1.54) is 12.1 Å². The molecule has 116 valence electrons. The number of benzene rings is 1. The Morgan fingerprint density at radius 3 is 2.81 bits per heavy atom.